The quantitative estimate of drug-likeness (QED) is 0.578. The highest BCUT2D eigenvalue weighted by Gasteiger charge is 2.33. The summed E-state index contributed by atoms with van der Waals surface area (Å²) in [4.78, 5) is 15.2. The predicted octanol–water partition coefficient (Wildman–Crippen LogP) is 2.32. The second kappa shape index (κ2) is 10.3. The Morgan fingerprint density at radius 1 is 0.743 bits per heavy atom. The van der Waals surface area contributed by atoms with Crippen molar-refractivity contribution >= 4 is 26.0 Å². The summed E-state index contributed by atoms with van der Waals surface area (Å²) in [6.45, 7) is 3.50. The maximum Gasteiger partial charge on any atom is 0.257 e. The van der Waals surface area contributed by atoms with Gasteiger partial charge in [0.25, 0.3) is 5.91 Å². The lowest BCUT2D eigenvalue weighted by Crippen LogP contribution is -2.50. The van der Waals surface area contributed by atoms with Crippen LogP contribution in [0.15, 0.2) is 52.3 Å². The van der Waals surface area contributed by atoms with Crippen LogP contribution in [0.25, 0.3) is 0 Å². The van der Waals surface area contributed by atoms with Crippen LogP contribution < -0.4 is 4.74 Å². The summed E-state index contributed by atoms with van der Waals surface area (Å²) in [5.41, 5.74) is 1.12. The van der Waals surface area contributed by atoms with Gasteiger partial charge in [-0.25, -0.2) is 16.8 Å². The lowest BCUT2D eigenvalue weighted by atomic mass is 10.1. The molecule has 2 saturated heterocycles. The van der Waals surface area contributed by atoms with Crippen molar-refractivity contribution < 1.29 is 26.4 Å². The average molecular weight is 522 g/mol. The summed E-state index contributed by atoms with van der Waals surface area (Å²) in [5.74, 6) is -0.104. The van der Waals surface area contributed by atoms with Crippen LogP contribution in [0.5, 0.6) is 5.75 Å². The molecule has 0 radical (unpaired) electrons. The van der Waals surface area contributed by atoms with Gasteiger partial charge < -0.3 is 9.64 Å². The number of carbonyl (C=O) groups excluding carboxylic acids is 1. The Bertz CT molecular complexity index is 1280. The molecule has 2 aromatic carbocycles. The largest absolute Gasteiger partial charge is 0.496 e. The third-order valence-electron chi connectivity index (χ3n) is 6.54. The molecule has 0 atom stereocenters. The highest BCUT2D eigenvalue weighted by Crippen LogP contribution is 2.28. The molecule has 2 fully saturated rings. The molecular formula is C24H31N3O6S2. The Hall–Kier alpha value is -2.47. The van der Waals surface area contributed by atoms with Crippen molar-refractivity contribution in [2.24, 2.45) is 0 Å². The molecule has 2 aliphatic rings. The normalized spacial score (nSPS) is 18.4. The molecule has 1 amide bonds. The second-order valence-electron chi connectivity index (χ2n) is 8.84. The summed E-state index contributed by atoms with van der Waals surface area (Å²) in [7, 11) is -5.95. The summed E-state index contributed by atoms with van der Waals surface area (Å²) in [6.07, 6.45) is 2.64. The van der Waals surface area contributed by atoms with Crippen LogP contribution in [0.4, 0.5) is 0 Å². The monoisotopic (exact) mass is 521 g/mol. The lowest BCUT2D eigenvalue weighted by molar-refractivity contribution is 0.0694. The first-order chi connectivity index (χ1) is 16.6. The standard InChI is InChI=1S/C24H31N3O6S2/c1-19-6-8-20(9-7-19)34(29,30)27-16-14-25(15-17-27)24(28)22-18-21(10-11-23(22)33-2)35(31,32)26-12-4-3-5-13-26/h6-11,18H,3-5,12-17H2,1-2H3. The van der Waals surface area contributed by atoms with Crippen LogP contribution in [0.1, 0.15) is 35.2 Å². The number of piperazine rings is 1. The molecule has 0 aliphatic carbocycles. The van der Waals surface area contributed by atoms with Crippen LogP contribution in [-0.2, 0) is 20.0 Å². The summed E-state index contributed by atoms with van der Waals surface area (Å²) < 4.78 is 60.4. The van der Waals surface area contributed by atoms with E-state index >= 15 is 0 Å². The number of nitrogens with zero attached hydrogens (tertiary/aromatic N) is 3. The molecule has 2 aliphatic heterocycles. The zero-order chi connectivity index (χ0) is 25.2. The minimum Gasteiger partial charge on any atom is -0.496 e. The van der Waals surface area contributed by atoms with Crippen LogP contribution in [0.2, 0.25) is 0 Å². The minimum atomic E-state index is -3.72. The molecular weight excluding hydrogens is 490 g/mol. The van der Waals surface area contributed by atoms with Gasteiger partial charge in [0.05, 0.1) is 22.5 Å². The topological polar surface area (TPSA) is 104 Å². The minimum absolute atomic E-state index is 0.0594. The van der Waals surface area contributed by atoms with Gasteiger partial charge in [0.15, 0.2) is 0 Å². The molecule has 190 valence electrons. The van der Waals surface area contributed by atoms with Gasteiger partial charge in [-0.3, -0.25) is 4.79 Å². The van der Waals surface area contributed by atoms with E-state index in [9.17, 15) is 21.6 Å². The number of hydrogen-bond donors (Lipinski definition) is 0. The van der Waals surface area contributed by atoms with E-state index < -0.39 is 20.0 Å². The van der Waals surface area contributed by atoms with Crippen molar-refractivity contribution in [1.82, 2.24) is 13.5 Å². The van der Waals surface area contributed by atoms with Gasteiger partial charge in [-0.1, -0.05) is 24.1 Å². The number of piperidine rings is 1. The van der Waals surface area contributed by atoms with Crippen molar-refractivity contribution in [2.45, 2.75) is 36.0 Å². The SMILES string of the molecule is COc1ccc(S(=O)(=O)N2CCCCC2)cc1C(=O)N1CCN(S(=O)(=O)c2ccc(C)cc2)CC1. The fraction of sp³-hybridized carbons (Fsp3) is 0.458. The molecule has 0 aromatic heterocycles. The predicted molar refractivity (Wildman–Crippen MR) is 131 cm³/mol. The third kappa shape index (κ3) is 5.23. The first-order valence-electron chi connectivity index (χ1n) is 11.7. The molecule has 0 unspecified atom stereocenters. The maximum atomic E-state index is 13.4. The third-order valence-corrected chi connectivity index (χ3v) is 10.3. The second-order valence-corrected chi connectivity index (χ2v) is 12.7. The molecule has 11 heteroatoms. The number of hydrogen-bond acceptors (Lipinski definition) is 6. The van der Waals surface area contributed by atoms with Crippen LogP contribution in [0.3, 0.4) is 0 Å². The van der Waals surface area contributed by atoms with E-state index in [4.69, 9.17) is 4.74 Å². The van der Waals surface area contributed by atoms with Gasteiger partial charge in [0.2, 0.25) is 20.0 Å². The van der Waals surface area contributed by atoms with Crippen molar-refractivity contribution in [3.63, 3.8) is 0 Å². The number of methoxy groups -OCH3 is 1. The van der Waals surface area contributed by atoms with E-state index in [1.807, 2.05) is 6.92 Å². The first kappa shape index (κ1) is 25.6. The summed E-state index contributed by atoms with van der Waals surface area (Å²) in [6, 6.07) is 11.0. The molecule has 9 nitrogen and oxygen atoms in total. The van der Waals surface area contributed by atoms with Gasteiger partial charge in [0, 0.05) is 39.3 Å². The van der Waals surface area contributed by atoms with E-state index in [1.165, 1.54) is 38.8 Å². The molecule has 2 heterocycles. The number of rotatable bonds is 6. The van der Waals surface area contributed by atoms with E-state index in [0.29, 0.717) is 13.1 Å². The van der Waals surface area contributed by atoms with Crippen LogP contribution in [-0.4, -0.2) is 82.6 Å². The number of carbonyl (C=O) groups is 1. The van der Waals surface area contributed by atoms with Crippen molar-refractivity contribution in [3.8, 4) is 5.75 Å². The number of benzene rings is 2. The fourth-order valence-electron chi connectivity index (χ4n) is 4.43. The van der Waals surface area contributed by atoms with E-state index in [0.717, 1.165) is 24.8 Å². The average Bonchev–Trinajstić information content (AvgIpc) is 2.88. The molecule has 4 rings (SSSR count). The number of amides is 1. The van der Waals surface area contributed by atoms with Crippen LogP contribution in [0, 0.1) is 6.92 Å². The summed E-state index contributed by atoms with van der Waals surface area (Å²) in [5, 5.41) is 0. The van der Waals surface area contributed by atoms with Gasteiger partial charge >= 0.3 is 0 Å². The number of aryl methyl sites for hydroxylation is 1. The van der Waals surface area contributed by atoms with Crippen molar-refractivity contribution in [1.29, 1.82) is 0 Å². The highest BCUT2D eigenvalue weighted by molar-refractivity contribution is 7.89. The first-order valence-corrected chi connectivity index (χ1v) is 14.6. The van der Waals surface area contributed by atoms with Gasteiger partial charge in [-0.2, -0.15) is 8.61 Å². The number of ether oxygens (including phenoxy) is 1. The molecule has 0 spiro atoms. The van der Waals surface area contributed by atoms with Gasteiger partial charge in [-0.15, -0.1) is 0 Å². The lowest BCUT2D eigenvalue weighted by Gasteiger charge is -2.34. The van der Waals surface area contributed by atoms with Gasteiger partial charge in [-0.05, 0) is 50.1 Å². The molecule has 0 N–H and O–H groups in total. The molecule has 2 aromatic rings. The smallest absolute Gasteiger partial charge is 0.257 e. The fourth-order valence-corrected chi connectivity index (χ4v) is 7.40. The highest BCUT2D eigenvalue weighted by atomic mass is 32.2. The Balaban J connectivity index is 1.52. The van der Waals surface area contributed by atoms with Crippen molar-refractivity contribution in [3.05, 3.63) is 53.6 Å². The summed E-state index contributed by atoms with van der Waals surface area (Å²) >= 11 is 0. The van der Waals surface area contributed by atoms with Crippen LogP contribution >= 0.6 is 0 Å². The Kier molecular flexibility index (Phi) is 7.51. The molecule has 0 bridgehead atoms. The Morgan fingerprint density at radius 3 is 1.89 bits per heavy atom. The molecule has 0 saturated carbocycles. The molecule has 35 heavy (non-hydrogen) atoms. The van der Waals surface area contributed by atoms with E-state index in [-0.39, 0.29) is 53.2 Å². The van der Waals surface area contributed by atoms with Gasteiger partial charge in [0.1, 0.15) is 5.75 Å². The van der Waals surface area contributed by atoms with E-state index in [2.05, 4.69) is 0 Å². The Labute approximate surface area is 207 Å². The van der Waals surface area contributed by atoms with E-state index in [1.54, 1.807) is 24.3 Å². The number of sulfonamides is 2. The van der Waals surface area contributed by atoms with Crippen molar-refractivity contribution in [2.75, 3.05) is 46.4 Å². The zero-order valence-electron chi connectivity index (χ0n) is 20.0. The zero-order valence-corrected chi connectivity index (χ0v) is 21.6. The maximum absolute atomic E-state index is 13.4. The Morgan fingerprint density at radius 2 is 1.29 bits per heavy atom.